The number of hydrogen-bond donors (Lipinski definition) is 0. The van der Waals surface area contributed by atoms with Gasteiger partial charge < -0.3 is 0 Å². The predicted molar refractivity (Wildman–Crippen MR) is 197 cm³/mol. The lowest BCUT2D eigenvalue weighted by Crippen LogP contribution is -1.92. The van der Waals surface area contributed by atoms with Gasteiger partial charge in [0.1, 0.15) is 0 Å². The number of aromatic nitrogens is 4. The lowest BCUT2D eigenvalue weighted by atomic mass is 9.92. The molecule has 9 aromatic rings. The van der Waals surface area contributed by atoms with Gasteiger partial charge >= 0.3 is 0 Å². The van der Waals surface area contributed by atoms with Crippen molar-refractivity contribution in [1.29, 1.82) is 0 Å². The van der Waals surface area contributed by atoms with Crippen LogP contribution < -0.4 is 0 Å². The van der Waals surface area contributed by atoms with E-state index in [-0.39, 0.29) is 0 Å². The zero-order chi connectivity index (χ0) is 31.9. The molecule has 0 aliphatic carbocycles. The Morgan fingerprint density at radius 1 is 0.312 bits per heavy atom. The van der Waals surface area contributed by atoms with E-state index in [1.165, 1.54) is 5.39 Å². The van der Waals surface area contributed by atoms with E-state index in [9.17, 15) is 0 Å². The molecule has 5 aromatic carbocycles. The van der Waals surface area contributed by atoms with E-state index in [0.29, 0.717) is 0 Å². The summed E-state index contributed by atoms with van der Waals surface area (Å²) < 4.78 is 0. The van der Waals surface area contributed by atoms with Crippen LogP contribution in [-0.4, -0.2) is 19.9 Å². The van der Waals surface area contributed by atoms with Crippen molar-refractivity contribution in [3.8, 4) is 56.3 Å². The summed E-state index contributed by atoms with van der Waals surface area (Å²) in [5.74, 6) is 0. The van der Waals surface area contributed by atoms with E-state index in [4.69, 9.17) is 15.0 Å². The molecule has 0 atom stereocenters. The monoisotopic (exact) mass is 612 g/mol. The molecule has 0 aliphatic rings. The van der Waals surface area contributed by atoms with Crippen LogP contribution in [0.4, 0.5) is 0 Å². The molecule has 48 heavy (non-hydrogen) atoms. The summed E-state index contributed by atoms with van der Waals surface area (Å²) in [6.45, 7) is 0. The molecular weight excluding hydrogens is 585 g/mol. The van der Waals surface area contributed by atoms with Gasteiger partial charge in [0.2, 0.25) is 0 Å². The fourth-order valence-electron chi connectivity index (χ4n) is 6.56. The highest BCUT2D eigenvalue weighted by molar-refractivity contribution is 6.07. The highest BCUT2D eigenvalue weighted by Gasteiger charge is 2.14. The summed E-state index contributed by atoms with van der Waals surface area (Å²) in [5, 5.41) is 4.47. The number of nitrogens with zero attached hydrogens (tertiary/aromatic N) is 4. The average molecular weight is 613 g/mol. The molecular formula is C44H28N4. The fraction of sp³-hybridized carbons (Fsp3) is 0. The van der Waals surface area contributed by atoms with Crippen LogP contribution in [0.25, 0.3) is 88.9 Å². The van der Waals surface area contributed by atoms with E-state index in [1.54, 1.807) is 6.20 Å². The third-order valence-corrected chi connectivity index (χ3v) is 8.93. The van der Waals surface area contributed by atoms with Crippen LogP contribution in [0.3, 0.4) is 0 Å². The van der Waals surface area contributed by atoms with E-state index in [2.05, 4.69) is 120 Å². The van der Waals surface area contributed by atoms with E-state index >= 15 is 0 Å². The third-order valence-electron chi connectivity index (χ3n) is 8.93. The molecule has 4 nitrogen and oxygen atoms in total. The molecule has 4 heterocycles. The molecule has 224 valence electrons. The Labute approximate surface area is 278 Å². The molecule has 4 aromatic heterocycles. The van der Waals surface area contributed by atoms with Gasteiger partial charge in [-0.1, -0.05) is 121 Å². The van der Waals surface area contributed by atoms with Crippen molar-refractivity contribution in [3.05, 3.63) is 170 Å². The van der Waals surface area contributed by atoms with Crippen molar-refractivity contribution in [3.63, 3.8) is 0 Å². The predicted octanol–water partition coefficient (Wildman–Crippen LogP) is 11.1. The second-order valence-corrected chi connectivity index (χ2v) is 11.9. The first-order valence-corrected chi connectivity index (χ1v) is 16.1. The maximum atomic E-state index is 5.27. The second kappa shape index (κ2) is 11.7. The lowest BCUT2D eigenvalue weighted by Gasteiger charge is -2.14. The normalized spacial score (nSPS) is 11.3. The van der Waals surface area contributed by atoms with Crippen molar-refractivity contribution < 1.29 is 0 Å². The quantitative estimate of drug-likeness (QED) is 0.181. The van der Waals surface area contributed by atoms with E-state index < -0.39 is 0 Å². The second-order valence-electron chi connectivity index (χ2n) is 11.9. The third kappa shape index (κ3) is 4.97. The van der Waals surface area contributed by atoms with Crippen molar-refractivity contribution in [2.24, 2.45) is 0 Å². The number of fused-ring (bicyclic) bond motifs is 4. The maximum absolute atomic E-state index is 5.27. The maximum Gasteiger partial charge on any atom is 0.0972 e. The highest BCUT2D eigenvalue weighted by atomic mass is 14.8. The molecule has 0 spiro atoms. The lowest BCUT2D eigenvalue weighted by molar-refractivity contribution is 1.25. The van der Waals surface area contributed by atoms with E-state index in [1.807, 2.05) is 48.5 Å². The number of benzene rings is 5. The van der Waals surface area contributed by atoms with Gasteiger partial charge in [-0.05, 0) is 64.4 Å². The van der Waals surface area contributed by atoms with Crippen molar-refractivity contribution >= 4 is 32.6 Å². The highest BCUT2D eigenvalue weighted by Crippen LogP contribution is 2.37. The zero-order valence-electron chi connectivity index (χ0n) is 26.0. The average Bonchev–Trinajstić information content (AvgIpc) is 3.18. The zero-order valence-corrected chi connectivity index (χ0v) is 26.0. The largest absolute Gasteiger partial charge is 0.255 e. The van der Waals surface area contributed by atoms with Gasteiger partial charge in [0.05, 0.1) is 39.5 Å². The SMILES string of the molecule is c1ccc(-c2ccc3ccc4ccc(-c5ccc(-c6cccc(-c7cccc(-c8ccccn8)n7)c6)c6ccccc56)nc4c3n2)cc1. The molecule has 0 N–H and O–H groups in total. The van der Waals surface area contributed by atoms with Crippen LogP contribution in [0.15, 0.2) is 170 Å². The summed E-state index contributed by atoms with van der Waals surface area (Å²) in [4.78, 5) is 19.8. The Hall–Kier alpha value is -6.52. The van der Waals surface area contributed by atoms with Gasteiger partial charge in [-0.3, -0.25) is 4.98 Å². The van der Waals surface area contributed by atoms with Gasteiger partial charge in [0.15, 0.2) is 0 Å². The molecule has 0 saturated heterocycles. The Morgan fingerprint density at radius 3 is 1.67 bits per heavy atom. The first-order valence-electron chi connectivity index (χ1n) is 16.1. The van der Waals surface area contributed by atoms with E-state index in [0.717, 1.165) is 83.5 Å². The molecule has 0 unspecified atom stereocenters. The van der Waals surface area contributed by atoms with Gasteiger partial charge in [0, 0.05) is 33.7 Å². The summed E-state index contributed by atoms with van der Waals surface area (Å²) in [6.07, 6.45) is 1.80. The van der Waals surface area contributed by atoms with Crippen LogP contribution >= 0.6 is 0 Å². The molecule has 0 amide bonds. The summed E-state index contributed by atoms with van der Waals surface area (Å²) >= 11 is 0. The number of rotatable bonds is 5. The van der Waals surface area contributed by atoms with Gasteiger partial charge in [-0.25, -0.2) is 15.0 Å². The van der Waals surface area contributed by atoms with Crippen LogP contribution in [-0.2, 0) is 0 Å². The Balaban J connectivity index is 1.14. The molecule has 0 fully saturated rings. The number of hydrogen-bond acceptors (Lipinski definition) is 4. The molecule has 0 saturated carbocycles. The van der Waals surface area contributed by atoms with Crippen LogP contribution in [0.5, 0.6) is 0 Å². The van der Waals surface area contributed by atoms with Crippen molar-refractivity contribution in [2.45, 2.75) is 0 Å². The van der Waals surface area contributed by atoms with Gasteiger partial charge in [-0.15, -0.1) is 0 Å². The molecule has 0 bridgehead atoms. The Morgan fingerprint density at radius 2 is 0.875 bits per heavy atom. The molecule has 0 aliphatic heterocycles. The van der Waals surface area contributed by atoms with Crippen LogP contribution in [0.1, 0.15) is 0 Å². The minimum Gasteiger partial charge on any atom is -0.255 e. The summed E-state index contributed by atoms with van der Waals surface area (Å²) in [5.41, 5.74) is 11.9. The van der Waals surface area contributed by atoms with Crippen LogP contribution in [0.2, 0.25) is 0 Å². The first-order chi connectivity index (χ1) is 23.8. The van der Waals surface area contributed by atoms with Crippen molar-refractivity contribution in [1.82, 2.24) is 19.9 Å². The smallest absolute Gasteiger partial charge is 0.0972 e. The molecule has 0 radical (unpaired) electrons. The van der Waals surface area contributed by atoms with Gasteiger partial charge in [0.25, 0.3) is 0 Å². The standard InChI is InChI=1S/C44H28N4/c1-2-10-29(11-3-1)39-25-21-30-19-20-31-22-26-40(48-44(31)43(30)47-39)37-24-23-34(35-14-4-5-15-36(35)37)32-12-8-13-33(28-32)38-17-9-18-42(46-38)41-16-6-7-27-45-41/h1-28H. The van der Waals surface area contributed by atoms with Gasteiger partial charge in [-0.2, -0.15) is 0 Å². The summed E-state index contributed by atoms with van der Waals surface area (Å²) in [7, 11) is 0. The topological polar surface area (TPSA) is 51.6 Å². The fourth-order valence-corrected chi connectivity index (χ4v) is 6.56. The minimum atomic E-state index is 0.857. The van der Waals surface area contributed by atoms with Crippen LogP contribution in [0, 0.1) is 0 Å². The summed E-state index contributed by atoms with van der Waals surface area (Å²) in [6, 6.07) is 56.7. The first kappa shape index (κ1) is 27.8. The Bertz CT molecular complexity index is 2610. The Kier molecular flexibility index (Phi) is 6.76. The molecule has 9 rings (SSSR count). The number of pyridine rings is 4. The van der Waals surface area contributed by atoms with Crippen molar-refractivity contribution in [2.75, 3.05) is 0 Å². The molecule has 4 heteroatoms. The minimum absolute atomic E-state index is 0.857.